The molecule has 1 aromatic rings. The normalized spacial score (nSPS) is 21.2. The van der Waals surface area contributed by atoms with E-state index in [1.165, 1.54) is 24.3 Å². The number of hydrogen-bond acceptors (Lipinski definition) is 8. The first-order chi connectivity index (χ1) is 13.3. The zero-order valence-electron chi connectivity index (χ0n) is 14.6. The Morgan fingerprint density at radius 1 is 0.821 bits per heavy atom. The first-order valence-electron chi connectivity index (χ1n) is 8.26. The van der Waals surface area contributed by atoms with E-state index in [9.17, 15) is 27.1 Å². The van der Waals surface area contributed by atoms with E-state index in [1.54, 1.807) is 0 Å². The molecule has 6 N–H and O–H groups in total. The fourth-order valence-corrected chi connectivity index (χ4v) is 3.46. The molecule has 0 aromatic heterocycles. The standard InChI is InChI=1S/C14H22N6O6S2/c21-13(17-15-9-1-5-11(6-2-9)19-27(23)24)14(22)18-16-10-3-7-12(8-4-10)20-28(25)26/h1-2,5-6,10,12,15-16,19-20H,3-4,7-8H2,(H,17,21)(H,18,22)(H,23,24)(H,25,26)/p-2. The highest BCUT2D eigenvalue weighted by Gasteiger charge is 2.22. The molecule has 0 aliphatic heterocycles. The summed E-state index contributed by atoms with van der Waals surface area (Å²) in [6, 6.07) is 5.78. The van der Waals surface area contributed by atoms with Gasteiger partial charge in [0.05, 0.1) is 5.69 Å². The van der Waals surface area contributed by atoms with Crippen molar-refractivity contribution in [3.05, 3.63) is 24.3 Å². The van der Waals surface area contributed by atoms with Crippen molar-refractivity contribution in [2.24, 2.45) is 0 Å². The first kappa shape index (κ1) is 22.2. The van der Waals surface area contributed by atoms with Gasteiger partial charge in [-0.05, 0) is 49.9 Å². The molecule has 0 spiro atoms. The fourth-order valence-electron chi connectivity index (χ4n) is 2.62. The van der Waals surface area contributed by atoms with Gasteiger partial charge in [0.2, 0.25) is 0 Å². The second kappa shape index (κ2) is 11.0. The Balaban J connectivity index is 1.67. The fraction of sp³-hybridized carbons (Fsp3) is 0.429. The van der Waals surface area contributed by atoms with Crippen molar-refractivity contribution < 1.29 is 27.1 Å². The highest BCUT2D eigenvalue weighted by Crippen LogP contribution is 2.18. The maximum atomic E-state index is 11.8. The van der Waals surface area contributed by atoms with Gasteiger partial charge < -0.3 is 13.8 Å². The molecule has 12 nitrogen and oxygen atoms in total. The Hall–Kier alpha value is -2.10. The molecule has 0 heterocycles. The van der Waals surface area contributed by atoms with Crippen LogP contribution >= 0.6 is 0 Å². The summed E-state index contributed by atoms with van der Waals surface area (Å²) in [4.78, 5) is 23.6. The maximum absolute atomic E-state index is 11.8. The van der Waals surface area contributed by atoms with Crippen molar-refractivity contribution in [2.75, 3.05) is 10.1 Å². The van der Waals surface area contributed by atoms with E-state index in [0.717, 1.165) is 0 Å². The van der Waals surface area contributed by atoms with Crippen LogP contribution in [0.3, 0.4) is 0 Å². The number of benzene rings is 1. The predicted molar refractivity (Wildman–Crippen MR) is 100 cm³/mol. The maximum Gasteiger partial charge on any atom is 0.328 e. The molecule has 156 valence electrons. The summed E-state index contributed by atoms with van der Waals surface area (Å²) in [6.07, 6.45) is 2.53. The number of carbonyl (C=O) groups excluding carboxylic acids is 2. The molecular weight excluding hydrogens is 412 g/mol. The van der Waals surface area contributed by atoms with Crippen LogP contribution in [0.2, 0.25) is 0 Å². The molecule has 0 radical (unpaired) electrons. The Labute approximate surface area is 166 Å². The van der Waals surface area contributed by atoms with Crippen molar-refractivity contribution in [3.8, 4) is 0 Å². The van der Waals surface area contributed by atoms with Gasteiger partial charge in [0.1, 0.15) is 0 Å². The average Bonchev–Trinajstić information content (AvgIpc) is 2.65. The minimum atomic E-state index is -2.43. The minimum Gasteiger partial charge on any atom is -0.760 e. The summed E-state index contributed by atoms with van der Waals surface area (Å²) >= 11 is -4.73. The van der Waals surface area contributed by atoms with Crippen molar-refractivity contribution in [2.45, 2.75) is 37.8 Å². The molecule has 2 unspecified atom stereocenters. The van der Waals surface area contributed by atoms with Crippen molar-refractivity contribution in [1.82, 2.24) is 21.0 Å². The van der Waals surface area contributed by atoms with Crippen LogP contribution in [0.25, 0.3) is 0 Å². The van der Waals surface area contributed by atoms with Crippen molar-refractivity contribution >= 4 is 45.7 Å². The van der Waals surface area contributed by atoms with Crippen molar-refractivity contribution in [1.29, 1.82) is 0 Å². The molecule has 1 aromatic carbocycles. The smallest absolute Gasteiger partial charge is 0.328 e. The minimum absolute atomic E-state index is 0.0607. The molecule has 1 aliphatic carbocycles. The summed E-state index contributed by atoms with van der Waals surface area (Å²) < 4.78 is 46.8. The van der Waals surface area contributed by atoms with Gasteiger partial charge in [-0.15, -0.1) is 0 Å². The van der Waals surface area contributed by atoms with E-state index < -0.39 is 34.3 Å². The van der Waals surface area contributed by atoms with E-state index in [2.05, 4.69) is 31.1 Å². The Kier molecular flexibility index (Phi) is 8.75. The molecule has 0 bridgehead atoms. The molecule has 2 atom stereocenters. The van der Waals surface area contributed by atoms with Crippen LogP contribution in [-0.4, -0.2) is 41.4 Å². The van der Waals surface area contributed by atoms with Gasteiger partial charge in [-0.1, -0.05) is 0 Å². The average molecular weight is 432 g/mol. The van der Waals surface area contributed by atoms with Crippen LogP contribution in [0.4, 0.5) is 11.4 Å². The van der Waals surface area contributed by atoms with Gasteiger partial charge in [-0.2, -0.15) is 0 Å². The van der Waals surface area contributed by atoms with Gasteiger partial charge in [0.25, 0.3) is 0 Å². The molecule has 1 saturated carbocycles. The molecule has 28 heavy (non-hydrogen) atoms. The second-order valence-electron chi connectivity index (χ2n) is 5.99. The number of nitrogens with one attached hydrogen (secondary N) is 6. The zero-order chi connectivity index (χ0) is 20.5. The Morgan fingerprint density at radius 2 is 1.36 bits per heavy atom. The zero-order valence-corrected chi connectivity index (χ0v) is 16.2. The lowest BCUT2D eigenvalue weighted by molar-refractivity contribution is -0.139. The van der Waals surface area contributed by atoms with Gasteiger partial charge in [0.15, 0.2) is 0 Å². The third-order valence-corrected chi connectivity index (χ3v) is 4.92. The van der Waals surface area contributed by atoms with Crippen LogP contribution in [0, 0.1) is 0 Å². The molecule has 1 aliphatic rings. The van der Waals surface area contributed by atoms with Crippen molar-refractivity contribution in [3.63, 3.8) is 0 Å². The number of anilines is 2. The highest BCUT2D eigenvalue weighted by molar-refractivity contribution is 7.80. The summed E-state index contributed by atoms with van der Waals surface area (Å²) in [7, 11) is 0. The SMILES string of the molecule is O=C(NNc1ccc(NS(=O)[O-])cc1)C(=O)NNC1CCC(NS(=O)[O-])CC1. The monoisotopic (exact) mass is 432 g/mol. The molecule has 1 fully saturated rings. The summed E-state index contributed by atoms with van der Waals surface area (Å²) in [6.45, 7) is 0. The first-order valence-corrected chi connectivity index (χ1v) is 10.4. The van der Waals surface area contributed by atoms with E-state index in [-0.39, 0.29) is 12.1 Å². The third-order valence-electron chi connectivity index (χ3n) is 3.99. The summed E-state index contributed by atoms with van der Waals surface area (Å²) in [5.74, 6) is -1.82. The highest BCUT2D eigenvalue weighted by atomic mass is 32.2. The Morgan fingerprint density at radius 3 is 1.93 bits per heavy atom. The van der Waals surface area contributed by atoms with Crippen LogP contribution < -0.4 is 31.1 Å². The second-order valence-corrected chi connectivity index (χ2v) is 7.37. The number of rotatable bonds is 8. The van der Waals surface area contributed by atoms with Gasteiger partial charge in [-0.3, -0.25) is 34.3 Å². The molecule has 2 amide bonds. The van der Waals surface area contributed by atoms with Crippen LogP contribution in [0.15, 0.2) is 24.3 Å². The lowest BCUT2D eigenvalue weighted by Crippen LogP contribution is -2.52. The Bertz CT molecular complexity index is 726. The van der Waals surface area contributed by atoms with Gasteiger partial charge >= 0.3 is 11.8 Å². The van der Waals surface area contributed by atoms with Gasteiger partial charge in [0, 0.05) is 40.3 Å². The van der Waals surface area contributed by atoms with E-state index in [1.807, 2.05) is 0 Å². The third kappa shape index (κ3) is 7.87. The lowest BCUT2D eigenvalue weighted by Gasteiger charge is -2.30. The summed E-state index contributed by atoms with van der Waals surface area (Å²) in [5.41, 5.74) is 10.6. The molecule has 14 heteroatoms. The largest absolute Gasteiger partial charge is 0.760 e. The number of hydrogen-bond donors (Lipinski definition) is 6. The lowest BCUT2D eigenvalue weighted by atomic mass is 9.92. The summed E-state index contributed by atoms with van der Waals surface area (Å²) in [5, 5.41) is 0. The van der Waals surface area contributed by atoms with Gasteiger partial charge in [-0.25, -0.2) is 10.1 Å². The quantitative estimate of drug-likeness (QED) is 0.165. The van der Waals surface area contributed by atoms with E-state index >= 15 is 0 Å². The molecule has 2 rings (SSSR count). The van der Waals surface area contributed by atoms with E-state index in [4.69, 9.17) is 0 Å². The molecule has 0 saturated heterocycles. The number of hydrazine groups is 2. The topological polar surface area (TPSA) is 187 Å². The van der Waals surface area contributed by atoms with Crippen LogP contribution in [0.5, 0.6) is 0 Å². The van der Waals surface area contributed by atoms with Crippen LogP contribution in [0.1, 0.15) is 25.7 Å². The van der Waals surface area contributed by atoms with Crippen LogP contribution in [-0.2, 0) is 32.1 Å². The predicted octanol–water partition coefficient (Wildman–Crippen LogP) is -1.35. The number of carbonyl (C=O) groups is 2. The number of amides is 2. The van der Waals surface area contributed by atoms with E-state index in [0.29, 0.717) is 37.1 Å². The molecular formula is C14H20N6O6S2-2.